The van der Waals surface area contributed by atoms with Crippen LogP contribution < -0.4 is 15.4 Å². The molecule has 3 aromatic rings. The minimum atomic E-state index is -4.52. The van der Waals surface area contributed by atoms with Crippen molar-refractivity contribution in [3.05, 3.63) is 76.4 Å². The van der Waals surface area contributed by atoms with E-state index in [-0.39, 0.29) is 36.3 Å². The fraction of sp³-hybridized carbons (Fsp3) is 0.469. The number of amides is 2. The molecule has 0 radical (unpaired) electrons. The quantitative estimate of drug-likeness (QED) is 0.396. The lowest BCUT2D eigenvalue weighted by molar-refractivity contribution is -0.139. The van der Waals surface area contributed by atoms with E-state index in [1.165, 1.54) is 6.20 Å². The first-order valence-corrected chi connectivity index (χ1v) is 15.1. The molecule has 6 rings (SSSR count). The molecule has 1 aliphatic carbocycles. The summed E-state index contributed by atoms with van der Waals surface area (Å²) in [6.07, 6.45) is 2.68. The van der Waals surface area contributed by atoms with E-state index in [0.29, 0.717) is 25.9 Å². The predicted octanol–water partition coefficient (Wildman–Crippen LogP) is 3.29. The smallest absolute Gasteiger partial charge is 0.416 e. The molecular weight excluding hydrogens is 587 g/mol. The maximum Gasteiger partial charge on any atom is 0.416 e. The molecule has 10 nitrogen and oxygen atoms in total. The number of methoxy groups -OCH3 is 1. The molecule has 2 aliphatic heterocycles. The highest BCUT2D eigenvalue weighted by atomic mass is 19.4. The van der Waals surface area contributed by atoms with Gasteiger partial charge in [0, 0.05) is 45.0 Å². The summed E-state index contributed by atoms with van der Waals surface area (Å²) in [6.45, 7) is 0.920. The van der Waals surface area contributed by atoms with Crippen LogP contribution in [0.25, 0.3) is 6.08 Å². The zero-order valence-corrected chi connectivity index (χ0v) is 25.2. The van der Waals surface area contributed by atoms with E-state index in [9.17, 15) is 22.8 Å². The van der Waals surface area contributed by atoms with Gasteiger partial charge in [-0.15, -0.1) is 5.10 Å². The second-order valence-electron chi connectivity index (χ2n) is 12.1. The van der Waals surface area contributed by atoms with Crippen LogP contribution in [0.3, 0.4) is 0 Å². The average Bonchev–Trinajstić information content (AvgIpc) is 3.79. The van der Waals surface area contributed by atoms with Crippen molar-refractivity contribution in [2.24, 2.45) is 13.0 Å². The summed E-state index contributed by atoms with van der Waals surface area (Å²) in [5.41, 5.74) is 3.29. The van der Waals surface area contributed by atoms with Gasteiger partial charge in [0.15, 0.2) is 0 Å². The number of benzene rings is 1. The number of rotatable bonds is 8. The van der Waals surface area contributed by atoms with Gasteiger partial charge in [-0.25, -0.2) is 0 Å². The van der Waals surface area contributed by atoms with Crippen molar-refractivity contribution in [2.45, 2.75) is 56.3 Å². The average molecular weight is 624 g/mol. The van der Waals surface area contributed by atoms with Crippen molar-refractivity contribution in [3.8, 4) is 5.75 Å². The Morgan fingerprint density at radius 2 is 1.93 bits per heavy atom. The largest absolute Gasteiger partial charge is 0.497 e. The van der Waals surface area contributed by atoms with E-state index >= 15 is 0 Å². The van der Waals surface area contributed by atoms with Crippen LogP contribution in [-0.2, 0) is 35.7 Å². The van der Waals surface area contributed by atoms with Crippen molar-refractivity contribution in [1.82, 2.24) is 35.5 Å². The van der Waals surface area contributed by atoms with Crippen LogP contribution in [0.5, 0.6) is 5.75 Å². The number of nitrogens with zero attached hydrogens (tertiary/aromatic N) is 5. The normalized spacial score (nSPS) is 23.0. The third kappa shape index (κ3) is 6.58. The number of carbonyl (C=O) groups is 2. The molecule has 238 valence electrons. The molecule has 2 fully saturated rings. The van der Waals surface area contributed by atoms with Crippen LogP contribution in [0.1, 0.15) is 53.3 Å². The number of ether oxygens (including phenoxy) is 1. The topological polar surface area (TPSA) is 114 Å². The zero-order valence-electron chi connectivity index (χ0n) is 25.2. The van der Waals surface area contributed by atoms with Crippen molar-refractivity contribution in [1.29, 1.82) is 0 Å². The molecule has 0 bridgehead atoms. The zero-order chi connectivity index (χ0) is 31.7. The number of likely N-dealkylation sites (tertiary alicyclic amines) is 1. The molecule has 4 atom stereocenters. The number of nitrogens with one attached hydrogen (secondary N) is 2. The summed E-state index contributed by atoms with van der Waals surface area (Å²) in [6, 6.07) is 7.29. The molecule has 2 aromatic heterocycles. The van der Waals surface area contributed by atoms with E-state index in [2.05, 4.69) is 25.9 Å². The highest BCUT2D eigenvalue weighted by Gasteiger charge is 2.44. The van der Waals surface area contributed by atoms with Crippen LogP contribution >= 0.6 is 0 Å². The number of pyridine rings is 1. The third-order valence-electron chi connectivity index (χ3n) is 9.17. The lowest BCUT2D eigenvalue weighted by atomic mass is 9.93. The molecule has 13 heteroatoms. The number of halogens is 3. The van der Waals surface area contributed by atoms with E-state index in [1.807, 2.05) is 37.4 Å². The van der Waals surface area contributed by atoms with Gasteiger partial charge in [-0.2, -0.15) is 13.2 Å². The SMILES string of the molecule is COc1ccc(CC2CC(C(=O)NCC3=Cc4nnn(C)c4CC3)N(C(=O)C3CC(c4cnccc4C(F)(F)F)CN3)C2)cc1. The number of hydrogen-bond acceptors (Lipinski definition) is 7. The standard InChI is InChI=1S/C32H36F3N7O3/c1-41-28-8-5-20(12-26(28)39-40-41)15-38-30(43)29-13-21(11-19-3-6-23(45-2)7-4-19)18-42(29)31(44)27-14-22(16-37-27)24-17-36-10-9-25(24)32(33,34)35/h3-4,6-7,9-10,12,17,21-22,27,29,37H,5,8,11,13-16,18H2,1-2H3,(H,38,43). The Hall–Kier alpha value is -4.26. The van der Waals surface area contributed by atoms with Crippen LogP contribution in [0, 0.1) is 5.92 Å². The van der Waals surface area contributed by atoms with Crippen LogP contribution in [0.4, 0.5) is 13.2 Å². The first-order valence-electron chi connectivity index (χ1n) is 15.1. The monoisotopic (exact) mass is 623 g/mol. The van der Waals surface area contributed by atoms with E-state index < -0.39 is 29.7 Å². The summed E-state index contributed by atoms with van der Waals surface area (Å²) in [5, 5.41) is 14.4. The van der Waals surface area contributed by atoms with Gasteiger partial charge < -0.3 is 20.3 Å². The summed E-state index contributed by atoms with van der Waals surface area (Å²) in [7, 11) is 3.46. The predicted molar refractivity (Wildman–Crippen MR) is 159 cm³/mol. The summed E-state index contributed by atoms with van der Waals surface area (Å²) >= 11 is 0. The number of aryl methyl sites for hydroxylation is 1. The van der Waals surface area contributed by atoms with E-state index in [0.717, 1.165) is 53.4 Å². The number of carbonyl (C=O) groups excluding carboxylic acids is 2. The number of alkyl halides is 3. The Balaban J connectivity index is 1.17. The van der Waals surface area contributed by atoms with Crippen LogP contribution in [-0.4, -0.2) is 75.5 Å². The first kappa shape index (κ1) is 30.8. The summed E-state index contributed by atoms with van der Waals surface area (Å²) < 4.78 is 48.1. The molecule has 2 amide bonds. The van der Waals surface area contributed by atoms with Crippen LogP contribution in [0.15, 0.2) is 48.3 Å². The summed E-state index contributed by atoms with van der Waals surface area (Å²) in [5.74, 6) is -0.269. The van der Waals surface area contributed by atoms with Gasteiger partial charge in [0.1, 0.15) is 17.5 Å². The molecule has 0 spiro atoms. The van der Waals surface area contributed by atoms with E-state index in [4.69, 9.17) is 4.74 Å². The third-order valence-corrected chi connectivity index (χ3v) is 9.17. The van der Waals surface area contributed by atoms with Gasteiger partial charge in [0.2, 0.25) is 11.8 Å². The van der Waals surface area contributed by atoms with Crippen molar-refractivity contribution in [3.63, 3.8) is 0 Å². The number of aromatic nitrogens is 4. The van der Waals surface area contributed by atoms with Gasteiger partial charge in [0.25, 0.3) is 0 Å². The Kier molecular flexibility index (Phi) is 8.63. The maximum atomic E-state index is 13.9. The lowest BCUT2D eigenvalue weighted by Gasteiger charge is -2.27. The minimum Gasteiger partial charge on any atom is -0.497 e. The molecular formula is C32H36F3N7O3. The van der Waals surface area contributed by atoms with Gasteiger partial charge >= 0.3 is 6.18 Å². The van der Waals surface area contributed by atoms with Gasteiger partial charge in [-0.1, -0.05) is 17.3 Å². The van der Waals surface area contributed by atoms with E-state index in [1.54, 1.807) is 16.7 Å². The van der Waals surface area contributed by atoms with Gasteiger partial charge in [0.05, 0.1) is 24.4 Å². The molecule has 4 unspecified atom stereocenters. The second kappa shape index (κ2) is 12.6. The van der Waals surface area contributed by atoms with Crippen molar-refractivity contribution < 1.29 is 27.5 Å². The maximum absolute atomic E-state index is 13.9. The molecule has 3 aliphatic rings. The Bertz CT molecular complexity index is 1590. The molecule has 45 heavy (non-hydrogen) atoms. The van der Waals surface area contributed by atoms with Gasteiger partial charge in [-0.3, -0.25) is 19.3 Å². The second-order valence-corrected chi connectivity index (χ2v) is 12.1. The molecule has 2 saturated heterocycles. The molecule has 1 aromatic carbocycles. The minimum absolute atomic E-state index is 0.0292. The fourth-order valence-electron chi connectivity index (χ4n) is 6.81. The fourth-order valence-corrected chi connectivity index (χ4v) is 6.81. The number of hydrogen-bond donors (Lipinski definition) is 2. The van der Waals surface area contributed by atoms with Crippen molar-refractivity contribution >= 4 is 17.9 Å². The Morgan fingerprint density at radius 3 is 2.69 bits per heavy atom. The molecule has 4 heterocycles. The summed E-state index contributed by atoms with van der Waals surface area (Å²) in [4.78, 5) is 33.1. The van der Waals surface area contributed by atoms with Crippen molar-refractivity contribution in [2.75, 3.05) is 26.7 Å². The van der Waals surface area contributed by atoms with Gasteiger partial charge in [-0.05, 0) is 79.0 Å². The Labute approximate surface area is 259 Å². The lowest BCUT2D eigenvalue weighted by Crippen LogP contribution is -2.51. The Morgan fingerprint density at radius 1 is 1.13 bits per heavy atom. The highest BCUT2D eigenvalue weighted by Crippen LogP contribution is 2.38. The highest BCUT2D eigenvalue weighted by molar-refractivity contribution is 5.91. The molecule has 2 N–H and O–H groups in total. The molecule has 0 saturated carbocycles. The first-order chi connectivity index (χ1) is 21.6. The number of fused-ring (bicyclic) bond motifs is 1. The van der Waals surface area contributed by atoms with Crippen LogP contribution in [0.2, 0.25) is 0 Å².